The molecule has 0 atom stereocenters. The van der Waals surface area contributed by atoms with Gasteiger partial charge in [0.05, 0.1) is 0 Å². The van der Waals surface area contributed by atoms with E-state index in [1.807, 2.05) is 7.11 Å². The van der Waals surface area contributed by atoms with Crippen LogP contribution < -0.4 is 28.7 Å². The second-order valence-electron chi connectivity index (χ2n) is 6.52. The fraction of sp³-hybridized carbons (Fsp3) is 0.444. The zero-order chi connectivity index (χ0) is 14.9. The first kappa shape index (κ1) is 22.0. The van der Waals surface area contributed by atoms with Gasteiger partial charge < -0.3 is 24.8 Å². The molecule has 0 amide bonds. The molecule has 4 heteroatoms. The van der Waals surface area contributed by atoms with Gasteiger partial charge in [-0.15, -0.1) is 0 Å². The van der Waals surface area contributed by atoms with Crippen molar-refractivity contribution in [1.29, 1.82) is 0 Å². The molecule has 0 saturated carbocycles. The Bertz CT molecular complexity index is 571. The summed E-state index contributed by atoms with van der Waals surface area (Å²) in [6.07, 6.45) is 3.40. The molecule has 0 aromatic heterocycles. The molecule has 1 aliphatic carbocycles. The van der Waals surface area contributed by atoms with Crippen LogP contribution in [0.4, 0.5) is 0 Å². The van der Waals surface area contributed by atoms with Crippen LogP contribution in [0.25, 0.3) is 5.57 Å². The van der Waals surface area contributed by atoms with Crippen molar-refractivity contribution in [2.45, 2.75) is 44.8 Å². The van der Waals surface area contributed by atoms with Crippen LogP contribution in [0.3, 0.4) is 0 Å². The second-order valence-corrected chi connectivity index (χ2v) is 11.4. The molecule has 22 heavy (non-hydrogen) atoms. The number of hydrogen-bond donors (Lipinski definition) is 0. The van der Waals surface area contributed by atoms with Gasteiger partial charge in [0.2, 0.25) is 0 Å². The maximum Gasteiger partial charge on any atom is -1.00 e. The first-order chi connectivity index (χ1) is 9.36. The summed E-state index contributed by atoms with van der Waals surface area (Å²) >= 11 is -1.77. The molecule has 1 aromatic rings. The Morgan fingerprint density at radius 1 is 1.05 bits per heavy atom. The SMILES string of the molecule is C[O][Ti+2]([c]1ccccc1C1=C(C)C(C)=CC1)[C](C)(C)C.[Cl-].[Cl-]. The van der Waals surface area contributed by atoms with E-state index in [0.717, 1.165) is 6.42 Å². The molecule has 0 fully saturated rings. The molecule has 0 unspecified atom stereocenters. The van der Waals surface area contributed by atoms with Crippen molar-refractivity contribution < 1.29 is 46.4 Å². The van der Waals surface area contributed by atoms with Crippen molar-refractivity contribution in [2.24, 2.45) is 0 Å². The molecule has 2 rings (SSSR count). The third-order valence-corrected chi connectivity index (χ3v) is 8.25. The van der Waals surface area contributed by atoms with E-state index in [0.29, 0.717) is 0 Å². The summed E-state index contributed by atoms with van der Waals surface area (Å²) in [5.74, 6) is 0. The molecule has 0 saturated heterocycles. The fourth-order valence-corrected chi connectivity index (χ4v) is 6.57. The molecule has 0 radical (unpaired) electrons. The van der Waals surface area contributed by atoms with Crippen molar-refractivity contribution in [3.63, 3.8) is 0 Å². The van der Waals surface area contributed by atoms with Crippen LogP contribution in [-0.2, 0) is 21.6 Å². The van der Waals surface area contributed by atoms with Gasteiger partial charge in [-0.3, -0.25) is 0 Å². The Hall–Kier alpha value is -0.0457. The first-order valence-corrected chi connectivity index (χ1v) is 9.44. The Labute approximate surface area is 154 Å². The number of benzene rings is 1. The van der Waals surface area contributed by atoms with Crippen LogP contribution in [0.5, 0.6) is 0 Å². The summed E-state index contributed by atoms with van der Waals surface area (Å²) in [4.78, 5) is 0. The quantitative estimate of drug-likeness (QED) is 0.606. The van der Waals surface area contributed by atoms with Crippen molar-refractivity contribution in [1.82, 2.24) is 0 Å². The summed E-state index contributed by atoms with van der Waals surface area (Å²) in [5, 5.41) is 0. The Balaban J connectivity index is 0.00000220. The van der Waals surface area contributed by atoms with Gasteiger partial charge in [-0.25, -0.2) is 0 Å². The minimum absolute atomic E-state index is 0. The molecule has 1 aromatic carbocycles. The van der Waals surface area contributed by atoms with Gasteiger partial charge in [-0.05, 0) is 0 Å². The number of halogens is 2. The maximum atomic E-state index is 5.99. The van der Waals surface area contributed by atoms with Crippen molar-refractivity contribution in [3.05, 3.63) is 47.1 Å². The molecule has 0 N–H and O–H groups in total. The van der Waals surface area contributed by atoms with Crippen molar-refractivity contribution >= 4 is 9.44 Å². The monoisotopic (exact) mass is 375 g/mol. The predicted octanol–water partition coefficient (Wildman–Crippen LogP) is -1.16. The van der Waals surface area contributed by atoms with Crippen LogP contribution in [0.15, 0.2) is 41.5 Å². The molecule has 0 aliphatic heterocycles. The van der Waals surface area contributed by atoms with Crippen LogP contribution >= 0.6 is 0 Å². The fourth-order valence-electron chi connectivity index (χ4n) is 2.88. The maximum absolute atomic E-state index is 5.99. The van der Waals surface area contributed by atoms with Crippen molar-refractivity contribution in [2.75, 3.05) is 7.11 Å². The molecule has 1 nitrogen and oxygen atoms in total. The van der Waals surface area contributed by atoms with E-state index >= 15 is 0 Å². The first-order valence-electron chi connectivity index (χ1n) is 7.24. The Kier molecular flexibility index (Phi) is 8.69. The largest absolute Gasteiger partial charge is 1.00 e. The molecule has 121 valence electrons. The molecule has 0 heterocycles. The molecule has 1 aliphatic rings. The zero-order valence-electron chi connectivity index (χ0n) is 14.3. The second kappa shape index (κ2) is 8.71. The van der Waals surface area contributed by atoms with Gasteiger partial charge >= 0.3 is 130 Å². The predicted molar refractivity (Wildman–Crippen MR) is 83.8 cm³/mol. The zero-order valence-corrected chi connectivity index (χ0v) is 17.3. The average molecular weight is 376 g/mol. The van der Waals surface area contributed by atoms with Crippen molar-refractivity contribution in [3.8, 4) is 0 Å². The van der Waals surface area contributed by atoms with E-state index in [9.17, 15) is 0 Å². The van der Waals surface area contributed by atoms with Gasteiger partial charge in [-0.1, -0.05) is 0 Å². The standard InChI is InChI=1S/C13H13.C4H9.CH3O.2ClH.Ti/c1-10-8-9-13(11(10)2)12-6-4-3-5-7-12;1-4(2)3;1-2;;;/h3-6,8H,9H2,1-2H3;1-3H3;1H3;2*1H;/q;;-1;;;+3/p-2. The molecule has 0 spiro atoms. The van der Waals surface area contributed by atoms with Crippen LogP contribution in [0.2, 0.25) is 3.72 Å². The van der Waals surface area contributed by atoms with Gasteiger partial charge in [-0.2, -0.15) is 0 Å². The average Bonchev–Trinajstić information content (AvgIpc) is 2.70. The van der Waals surface area contributed by atoms with E-state index in [2.05, 4.69) is 65.0 Å². The minimum Gasteiger partial charge on any atom is -1.00 e. The summed E-state index contributed by atoms with van der Waals surface area (Å²) in [6.45, 7) is 11.4. The number of allylic oxidation sites excluding steroid dienone is 4. The topological polar surface area (TPSA) is 9.23 Å². The van der Waals surface area contributed by atoms with E-state index in [4.69, 9.17) is 3.32 Å². The third-order valence-electron chi connectivity index (χ3n) is 4.04. The third kappa shape index (κ3) is 4.49. The summed E-state index contributed by atoms with van der Waals surface area (Å²) < 4.78 is 7.71. The number of hydrogen-bond acceptors (Lipinski definition) is 1. The van der Waals surface area contributed by atoms with Crippen LogP contribution in [0, 0.1) is 0 Å². The normalized spacial score (nSPS) is 14.2. The van der Waals surface area contributed by atoms with E-state index in [-0.39, 0.29) is 28.5 Å². The molecular weight excluding hydrogens is 351 g/mol. The minimum atomic E-state index is -1.77. The number of rotatable bonds is 3. The Morgan fingerprint density at radius 2 is 1.64 bits per heavy atom. The van der Waals surface area contributed by atoms with Gasteiger partial charge in [0, 0.05) is 0 Å². The van der Waals surface area contributed by atoms with Crippen LogP contribution in [-0.4, -0.2) is 7.11 Å². The Morgan fingerprint density at radius 3 is 2.09 bits per heavy atom. The smallest absolute Gasteiger partial charge is 1.00 e. The molecule has 0 bridgehead atoms. The van der Waals surface area contributed by atoms with E-state index in [1.54, 1.807) is 0 Å². The van der Waals surface area contributed by atoms with E-state index in [1.165, 1.54) is 26.2 Å². The summed E-state index contributed by atoms with van der Waals surface area (Å²) in [7, 11) is 1.89. The summed E-state index contributed by atoms with van der Waals surface area (Å²) in [5.41, 5.74) is 5.78. The summed E-state index contributed by atoms with van der Waals surface area (Å²) in [6, 6.07) is 8.87. The van der Waals surface area contributed by atoms with Gasteiger partial charge in [0.25, 0.3) is 0 Å². The van der Waals surface area contributed by atoms with Gasteiger partial charge in [0.15, 0.2) is 0 Å². The molecular formula is C18H25Cl2OTi. The van der Waals surface area contributed by atoms with E-state index < -0.39 is 18.3 Å². The van der Waals surface area contributed by atoms with Crippen LogP contribution in [0.1, 0.15) is 46.6 Å². The van der Waals surface area contributed by atoms with Gasteiger partial charge in [0.1, 0.15) is 0 Å².